The van der Waals surface area contributed by atoms with Gasteiger partial charge in [0.1, 0.15) is 15.7 Å². The largest absolute Gasteiger partial charge is 0.396 e. The number of rotatable bonds is 4. The molecule has 0 fully saturated rings. The summed E-state index contributed by atoms with van der Waals surface area (Å²) in [7, 11) is -1.68. The Hall–Kier alpha value is -1.63. The van der Waals surface area contributed by atoms with Gasteiger partial charge in [-0.25, -0.2) is 12.8 Å². The van der Waals surface area contributed by atoms with Crippen molar-refractivity contribution in [1.82, 2.24) is 4.90 Å². The summed E-state index contributed by atoms with van der Waals surface area (Å²) < 4.78 is 35.1. The van der Waals surface area contributed by atoms with E-state index in [1.807, 2.05) is 0 Å². The summed E-state index contributed by atoms with van der Waals surface area (Å²) in [6, 6.07) is 3.74. The van der Waals surface area contributed by atoms with Crippen LogP contribution in [0.2, 0.25) is 0 Å². The van der Waals surface area contributed by atoms with E-state index in [-0.39, 0.29) is 23.5 Å². The molecule has 100 valence electrons. The van der Waals surface area contributed by atoms with Crippen LogP contribution in [0, 0.1) is 5.82 Å². The van der Waals surface area contributed by atoms with Crippen LogP contribution in [0.1, 0.15) is 10.4 Å². The first-order valence-electron chi connectivity index (χ1n) is 5.19. The molecule has 0 saturated heterocycles. The summed E-state index contributed by atoms with van der Waals surface area (Å²) in [5.41, 5.74) is 5.40. The molecule has 0 heterocycles. The monoisotopic (exact) mass is 274 g/mol. The standard InChI is InChI=1S/C11H15FN2O3S/c1-14(5-6-18(2,16)17)11(15)8-3-4-10(13)9(12)7-8/h3-4,7H,5-6,13H2,1-2H3. The fourth-order valence-electron chi connectivity index (χ4n) is 1.28. The molecule has 0 spiro atoms. The molecule has 0 aliphatic heterocycles. The number of halogens is 1. The van der Waals surface area contributed by atoms with E-state index in [4.69, 9.17) is 5.73 Å². The van der Waals surface area contributed by atoms with Crippen LogP contribution < -0.4 is 5.73 Å². The van der Waals surface area contributed by atoms with Gasteiger partial charge in [-0.05, 0) is 18.2 Å². The number of benzene rings is 1. The first-order valence-corrected chi connectivity index (χ1v) is 7.25. The Kier molecular flexibility index (Phi) is 4.28. The highest BCUT2D eigenvalue weighted by atomic mass is 32.2. The highest BCUT2D eigenvalue weighted by Crippen LogP contribution is 2.13. The maximum Gasteiger partial charge on any atom is 0.253 e. The molecule has 0 unspecified atom stereocenters. The zero-order valence-corrected chi connectivity index (χ0v) is 11.0. The van der Waals surface area contributed by atoms with E-state index in [0.717, 1.165) is 12.3 Å². The number of carbonyl (C=O) groups is 1. The summed E-state index contributed by atoms with van der Waals surface area (Å²) in [5, 5.41) is 0. The lowest BCUT2D eigenvalue weighted by molar-refractivity contribution is 0.0803. The van der Waals surface area contributed by atoms with E-state index in [9.17, 15) is 17.6 Å². The molecular weight excluding hydrogens is 259 g/mol. The lowest BCUT2D eigenvalue weighted by atomic mass is 10.2. The molecule has 1 aromatic rings. The number of nitrogens with two attached hydrogens (primary N) is 1. The molecule has 0 aliphatic carbocycles. The minimum atomic E-state index is -3.14. The van der Waals surface area contributed by atoms with Gasteiger partial charge in [0, 0.05) is 25.4 Å². The first-order chi connectivity index (χ1) is 8.20. The van der Waals surface area contributed by atoms with Crippen LogP contribution in [0.25, 0.3) is 0 Å². The summed E-state index contributed by atoms with van der Waals surface area (Å²) in [5.74, 6) is -1.25. The predicted octanol–water partition coefficient (Wildman–Crippen LogP) is 0.524. The number of carbonyl (C=O) groups excluding carboxylic acids is 1. The zero-order valence-electron chi connectivity index (χ0n) is 10.2. The Morgan fingerprint density at radius 3 is 2.56 bits per heavy atom. The van der Waals surface area contributed by atoms with E-state index in [1.165, 1.54) is 24.1 Å². The second-order valence-electron chi connectivity index (χ2n) is 4.09. The third-order valence-electron chi connectivity index (χ3n) is 2.39. The summed E-state index contributed by atoms with van der Waals surface area (Å²) in [6.45, 7) is 0.0592. The summed E-state index contributed by atoms with van der Waals surface area (Å²) >= 11 is 0. The van der Waals surface area contributed by atoms with Crippen molar-refractivity contribution in [2.75, 3.05) is 31.3 Å². The quantitative estimate of drug-likeness (QED) is 0.812. The van der Waals surface area contributed by atoms with Crippen LogP contribution in [0.15, 0.2) is 18.2 Å². The van der Waals surface area contributed by atoms with E-state index >= 15 is 0 Å². The fourth-order valence-corrected chi connectivity index (χ4v) is 1.89. The van der Waals surface area contributed by atoms with Crippen molar-refractivity contribution in [3.63, 3.8) is 0 Å². The van der Waals surface area contributed by atoms with E-state index in [2.05, 4.69) is 0 Å². The van der Waals surface area contributed by atoms with Crippen molar-refractivity contribution in [1.29, 1.82) is 0 Å². The van der Waals surface area contributed by atoms with Crippen LogP contribution in [0.5, 0.6) is 0 Å². The smallest absolute Gasteiger partial charge is 0.253 e. The Balaban J connectivity index is 2.77. The molecule has 18 heavy (non-hydrogen) atoms. The zero-order chi connectivity index (χ0) is 13.9. The molecule has 7 heteroatoms. The molecule has 1 rings (SSSR count). The number of nitrogen functional groups attached to an aromatic ring is 1. The van der Waals surface area contributed by atoms with Gasteiger partial charge in [0.15, 0.2) is 0 Å². The molecule has 0 radical (unpaired) electrons. The lowest BCUT2D eigenvalue weighted by Gasteiger charge is -2.16. The number of anilines is 1. The van der Waals surface area contributed by atoms with Gasteiger partial charge in [0.05, 0.1) is 11.4 Å². The highest BCUT2D eigenvalue weighted by molar-refractivity contribution is 7.90. The van der Waals surface area contributed by atoms with Crippen LogP contribution in [0.4, 0.5) is 10.1 Å². The molecule has 2 N–H and O–H groups in total. The number of hydrogen-bond acceptors (Lipinski definition) is 4. The van der Waals surface area contributed by atoms with Crippen molar-refractivity contribution in [3.05, 3.63) is 29.6 Å². The number of sulfone groups is 1. The number of hydrogen-bond donors (Lipinski definition) is 1. The SMILES string of the molecule is CN(CCS(C)(=O)=O)C(=O)c1ccc(N)c(F)c1. The average Bonchev–Trinajstić information content (AvgIpc) is 2.27. The maximum atomic E-state index is 13.2. The van der Waals surface area contributed by atoms with Crippen LogP contribution in [-0.4, -0.2) is 44.8 Å². The number of amides is 1. The third kappa shape index (κ3) is 3.99. The van der Waals surface area contributed by atoms with Gasteiger partial charge < -0.3 is 10.6 Å². The molecule has 0 aromatic heterocycles. The van der Waals surface area contributed by atoms with Crippen molar-refractivity contribution in [2.45, 2.75) is 0 Å². The normalized spacial score (nSPS) is 11.3. The van der Waals surface area contributed by atoms with E-state index in [0.29, 0.717) is 0 Å². The minimum Gasteiger partial charge on any atom is -0.396 e. The van der Waals surface area contributed by atoms with Gasteiger partial charge in [0.25, 0.3) is 5.91 Å². The van der Waals surface area contributed by atoms with Gasteiger partial charge in [-0.15, -0.1) is 0 Å². The lowest BCUT2D eigenvalue weighted by Crippen LogP contribution is -2.31. The molecule has 0 saturated carbocycles. The molecule has 5 nitrogen and oxygen atoms in total. The maximum absolute atomic E-state index is 13.2. The average molecular weight is 274 g/mol. The van der Waals surface area contributed by atoms with Gasteiger partial charge in [-0.2, -0.15) is 0 Å². The van der Waals surface area contributed by atoms with Crippen molar-refractivity contribution < 1.29 is 17.6 Å². The minimum absolute atomic E-state index is 0.0367. The summed E-state index contributed by atoms with van der Waals surface area (Å²) in [4.78, 5) is 13.1. The molecule has 0 bridgehead atoms. The Bertz CT molecular complexity index is 557. The Morgan fingerprint density at radius 1 is 1.44 bits per heavy atom. The topological polar surface area (TPSA) is 80.5 Å². The van der Waals surface area contributed by atoms with Crippen LogP contribution in [-0.2, 0) is 9.84 Å². The summed E-state index contributed by atoms with van der Waals surface area (Å²) in [6.07, 6.45) is 1.09. The van der Waals surface area contributed by atoms with Gasteiger partial charge in [-0.1, -0.05) is 0 Å². The molecule has 0 atom stereocenters. The van der Waals surface area contributed by atoms with Gasteiger partial charge >= 0.3 is 0 Å². The van der Waals surface area contributed by atoms with E-state index in [1.54, 1.807) is 0 Å². The molecular formula is C11H15FN2O3S. The fraction of sp³-hybridized carbons (Fsp3) is 0.364. The number of nitrogens with zero attached hydrogens (tertiary/aromatic N) is 1. The second-order valence-corrected chi connectivity index (χ2v) is 6.35. The first kappa shape index (κ1) is 14.4. The van der Waals surface area contributed by atoms with Gasteiger partial charge in [0.2, 0.25) is 0 Å². The van der Waals surface area contributed by atoms with Crippen molar-refractivity contribution >= 4 is 21.4 Å². The second kappa shape index (κ2) is 5.34. The molecule has 1 aromatic carbocycles. The predicted molar refractivity (Wildman–Crippen MR) is 67.5 cm³/mol. The Morgan fingerprint density at radius 2 is 2.06 bits per heavy atom. The van der Waals surface area contributed by atoms with Crippen molar-refractivity contribution in [3.8, 4) is 0 Å². The van der Waals surface area contributed by atoms with Gasteiger partial charge in [-0.3, -0.25) is 4.79 Å². The van der Waals surface area contributed by atoms with Crippen molar-refractivity contribution in [2.24, 2.45) is 0 Å². The van der Waals surface area contributed by atoms with Crippen LogP contribution in [0.3, 0.4) is 0 Å². The molecule has 1 amide bonds. The Labute approximate surface area is 105 Å². The molecule has 0 aliphatic rings. The highest BCUT2D eigenvalue weighted by Gasteiger charge is 2.14. The van der Waals surface area contributed by atoms with E-state index < -0.39 is 21.6 Å². The third-order valence-corrected chi connectivity index (χ3v) is 3.32. The van der Waals surface area contributed by atoms with Crippen LogP contribution >= 0.6 is 0 Å².